The molecule has 0 bridgehead atoms. The Hall–Kier alpha value is -2.88. The average Bonchev–Trinajstić information content (AvgIpc) is 2.67. The van der Waals surface area contributed by atoms with Crippen LogP contribution >= 0.6 is 0 Å². The number of rotatable bonds is 10. The van der Waals surface area contributed by atoms with Gasteiger partial charge in [-0.05, 0) is 42.2 Å². The number of allylic oxidation sites excluding steroid dienone is 1. The third-order valence-corrected chi connectivity index (χ3v) is 4.12. The SMILES string of the molecule is CCCCOc1ccc(C=CC(=O)c2ccccc2CCNC(C)=O)cc1. The summed E-state index contributed by atoms with van der Waals surface area (Å²) in [5, 5.41) is 2.76. The van der Waals surface area contributed by atoms with Crippen LogP contribution in [0.4, 0.5) is 0 Å². The van der Waals surface area contributed by atoms with Gasteiger partial charge in [-0.15, -0.1) is 0 Å². The van der Waals surface area contributed by atoms with Gasteiger partial charge in [0.25, 0.3) is 0 Å². The number of unbranched alkanes of at least 4 members (excludes halogenated alkanes) is 1. The van der Waals surface area contributed by atoms with Crippen molar-refractivity contribution >= 4 is 17.8 Å². The van der Waals surface area contributed by atoms with E-state index in [4.69, 9.17) is 4.74 Å². The zero-order valence-corrected chi connectivity index (χ0v) is 16.0. The van der Waals surface area contributed by atoms with Crippen LogP contribution in [0.25, 0.3) is 6.08 Å². The van der Waals surface area contributed by atoms with Crippen molar-refractivity contribution in [3.05, 3.63) is 71.3 Å². The molecule has 142 valence electrons. The van der Waals surface area contributed by atoms with Gasteiger partial charge < -0.3 is 10.1 Å². The van der Waals surface area contributed by atoms with Crippen molar-refractivity contribution in [2.24, 2.45) is 0 Å². The number of carbonyl (C=O) groups excluding carboxylic acids is 2. The molecule has 0 aromatic heterocycles. The fourth-order valence-corrected chi connectivity index (χ4v) is 2.62. The number of ether oxygens (including phenoxy) is 1. The zero-order chi connectivity index (χ0) is 19.5. The molecule has 0 heterocycles. The van der Waals surface area contributed by atoms with E-state index < -0.39 is 0 Å². The van der Waals surface area contributed by atoms with Gasteiger partial charge in [-0.3, -0.25) is 9.59 Å². The smallest absolute Gasteiger partial charge is 0.216 e. The fraction of sp³-hybridized carbons (Fsp3) is 0.304. The molecule has 0 atom stereocenters. The summed E-state index contributed by atoms with van der Waals surface area (Å²) in [6, 6.07) is 15.2. The van der Waals surface area contributed by atoms with Crippen LogP contribution in [-0.4, -0.2) is 24.8 Å². The van der Waals surface area contributed by atoms with Crippen LogP contribution in [0.3, 0.4) is 0 Å². The minimum atomic E-state index is -0.0687. The van der Waals surface area contributed by atoms with Crippen molar-refractivity contribution in [1.29, 1.82) is 0 Å². The van der Waals surface area contributed by atoms with Gasteiger partial charge in [0.2, 0.25) is 5.91 Å². The van der Waals surface area contributed by atoms with Crippen molar-refractivity contribution in [3.63, 3.8) is 0 Å². The van der Waals surface area contributed by atoms with Crippen LogP contribution in [0.1, 0.15) is 48.2 Å². The molecule has 2 aromatic carbocycles. The monoisotopic (exact) mass is 365 g/mol. The first-order chi connectivity index (χ1) is 13.1. The summed E-state index contributed by atoms with van der Waals surface area (Å²) in [5.41, 5.74) is 2.54. The molecule has 0 saturated carbocycles. The lowest BCUT2D eigenvalue weighted by molar-refractivity contribution is -0.118. The summed E-state index contributed by atoms with van der Waals surface area (Å²) in [4.78, 5) is 23.6. The van der Waals surface area contributed by atoms with Crippen LogP contribution < -0.4 is 10.1 Å². The van der Waals surface area contributed by atoms with Crippen molar-refractivity contribution in [3.8, 4) is 5.75 Å². The fourth-order valence-electron chi connectivity index (χ4n) is 2.62. The van der Waals surface area contributed by atoms with Gasteiger partial charge in [0, 0.05) is 19.0 Å². The molecule has 0 saturated heterocycles. The molecular weight excluding hydrogens is 338 g/mol. The van der Waals surface area contributed by atoms with E-state index in [0.29, 0.717) is 18.5 Å². The van der Waals surface area contributed by atoms with Crippen LogP contribution in [-0.2, 0) is 11.2 Å². The van der Waals surface area contributed by atoms with Crippen molar-refractivity contribution in [2.45, 2.75) is 33.1 Å². The van der Waals surface area contributed by atoms with Crippen LogP contribution in [0, 0.1) is 0 Å². The highest BCUT2D eigenvalue weighted by molar-refractivity contribution is 6.07. The van der Waals surface area contributed by atoms with Gasteiger partial charge in [-0.1, -0.05) is 55.8 Å². The topological polar surface area (TPSA) is 55.4 Å². The van der Waals surface area contributed by atoms with Crippen molar-refractivity contribution < 1.29 is 14.3 Å². The molecule has 27 heavy (non-hydrogen) atoms. The molecule has 1 N–H and O–H groups in total. The van der Waals surface area contributed by atoms with Crippen LogP contribution in [0.5, 0.6) is 5.75 Å². The van der Waals surface area contributed by atoms with E-state index in [-0.39, 0.29) is 11.7 Å². The van der Waals surface area contributed by atoms with E-state index in [1.165, 1.54) is 6.92 Å². The summed E-state index contributed by atoms with van der Waals surface area (Å²) in [6.45, 7) is 4.86. The summed E-state index contributed by atoms with van der Waals surface area (Å²) in [6.07, 6.45) is 6.17. The standard InChI is InChI=1S/C23H27NO3/c1-3-4-17-27-21-12-9-19(10-13-21)11-14-23(26)22-8-6-5-7-20(22)15-16-24-18(2)25/h5-14H,3-4,15-17H2,1-2H3,(H,24,25). The zero-order valence-electron chi connectivity index (χ0n) is 16.0. The number of amides is 1. The van der Waals surface area contributed by atoms with Gasteiger partial charge >= 0.3 is 0 Å². The summed E-state index contributed by atoms with van der Waals surface area (Å²) in [7, 11) is 0. The van der Waals surface area contributed by atoms with E-state index >= 15 is 0 Å². The molecule has 0 aliphatic heterocycles. The average molecular weight is 365 g/mol. The molecular formula is C23H27NO3. The maximum Gasteiger partial charge on any atom is 0.216 e. The largest absolute Gasteiger partial charge is 0.494 e. The van der Waals surface area contributed by atoms with E-state index in [1.807, 2.05) is 54.6 Å². The molecule has 4 nitrogen and oxygen atoms in total. The Balaban J connectivity index is 1.99. The second-order valence-electron chi connectivity index (χ2n) is 6.36. The first-order valence-electron chi connectivity index (χ1n) is 9.37. The molecule has 0 fully saturated rings. The predicted octanol–water partition coefficient (Wildman–Crippen LogP) is 4.44. The quantitative estimate of drug-likeness (QED) is 0.385. The molecule has 0 spiro atoms. The molecule has 2 aromatic rings. The Morgan fingerprint density at radius 2 is 1.81 bits per heavy atom. The minimum Gasteiger partial charge on any atom is -0.494 e. The van der Waals surface area contributed by atoms with Crippen LogP contribution in [0.2, 0.25) is 0 Å². The highest BCUT2D eigenvalue weighted by Crippen LogP contribution is 2.15. The molecule has 0 aliphatic carbocycles. The highest BCUT2D eigenvalue weighted by Gasteiger charge is 2.08. The summed E-state index contributed by atoms with van der Waals surface area (Å²) >= 11 is 0. The number of hydrogen-bond acceptors (Lipinski definition) is 3. The minimum absolute atomic E-state index is 0.0447. The van der Waals surface area contributed by atoms with Gasteiger partial charge in [0.1, 0.15) is 5.75 Å². The maximum atomic E-state index is 12.6. The number of carbonyl (C=O) groups is 2. The normalized spacial score (nSPS) is 10.7. The second-order valence-corrected chi connectivity index (χ2v) is 6.36. The lowest BCUT2D eigenvalue weighted by Crippen LogP contribution is -2.22. The Morgan fingerprint density at radius 3 is 2.52 bits per heavy atom. The number of hydrogen-bond donors (Lipinski definition) is 1. The molecule has 2 rings (SSSR count). The molecule has 1 amide bonds. The van der Waals surface area contributed by atoms with Gasteiger partial charge in [0.15, 0.2) is 5.78 Å². The molecule has 0 radical (unpaired) electrons. The summed E-state index contributed by atoms with van der Waals surface area (Å²) in [5.74, 6) is 0.729. The third-order valence-electron chi connectivity index (χ3n) is 4.12. The lowest BCUT2D eigenvalue weighted by atomic mass is 10.00. The third kappa shape index (κ3) is 7.10. The Labute approximate surface area is 161 Å². The van der Waals surface area contributed by atoms with E-state index in [2.05, 4.69) is 12.2 Å². The Morgan fingerprint density at radius 1 is 1.07 bits per heavy atom. The van der Waals surface area contributed by atoms with E-state index in [1.54, 1.807) is 6.08 Å². The first kappa shape index (κ1) is 20.4. The van der Waals surface area contributed by atoms with E-state index in [0.717, 1.165) is 36.3 Å². The molecule has 4 heteroatoms. The molecule has 0 unspecified atom stereocenters. The number of ketones is 1. The van der Waals surface area contributed by atoms with Gasteiger partial charge in [0.05, 0.1) is 6.61 Å². The first-order valence-corrected chi connectivity index (χ1v) is 9.37. The number of nitrogens with one attached hydrogen (secondary N) is 1. The lowest BCUT2D eigenvalue weighted by Gasteiger charge is -2.07. The van der Waals surface area contributed by atoms with E-state index in [9.17, 15) is 9.59 Å². The Kier molecular flexibility index (Phi) is 8.30. The van der Waals surface area contributed by atoms with Gasteiger partial charge in [-0.25, -0.2) is 0 Å². The van der Waals surface area contributed by atoms with Crippen molar-refractivity contribution in [1.82, 2.24) is 5.32 Å². The maximum absolute atomic E-state index is 12.6. The van der Waals surface area contributed by atoms with Crippen LogP contribution in [0.15, 0.2) is 54.6 Å². The van der Waals surface area contributed by atoms with Crippen molar-refractivity contribution in [2.75, 3.05) is 13.2 Å². The highest BCUT2D eigenvalue weighted by atomic mass is 16.5. The Bertz CT molecular complexity index is 778. The second kappa shape index (κ2) is 11.0. The predicted molar refractivity (Wildman–Crippen MR) is 109 cm³/mol. The number of benzene rings is 2. The summed E-state index contributed by atoms with van der Waals surface area (Å²) < 4.78 is 5.65. The van der Waals surface area contributed by atoms with Gasteiger partial charge in [-0.2, -0.15) is 0 Å². The molecule has 0 aliphatic rings.